The lowest BCUT2D eigenvalue weighted by atomic mass is 10.2. The van der Waals surface area contributed by atoms with E-state index in [1.807, 2.05) is 53.4 Å². The van der Waals surface area contributed by atoms with Crippen LogP contribution < -0.4 is 4.74 Å². The van der Waals surface area contributed by atoms with Crippen molar-refractivity contribution >= 4 is 0 Å². The van der Waals surface area contributed by atoms with Gasteiger partial charge in [-0.15, -0.1) is 0 Å². The Morgan fingerprint density at radius 2 is 1.85 bits per heavy atom. The zero-order valence-corrected chi connectivity index (χ0v) is 14.4. The van der Waals surface area contributed by atoms with Crippen molar-refractivity contribution in [3.05, 3.63) is 90.1 Å². The molecule has 0 aliphatic rings. The van der Waals surface area contributed by atoms with Gasteiger partial charge >= 0.3 is 0 Å². The van der Waals surface area contributed by atoms with Gasteiger partial charge < -0.3 is 14.3 Å². The minimum absolute atomic E-state index is 0.182. The van der Waals surface area contributed by atoms with E-state index in [0.29, 0.717) is 25.4 Å². The molecule has 0 saturated carbocycles. The summed E-state index contributed by atoms with van der Waals surface area (Å²) in [5.74, 6) is 1.24. The van der Waals surface area contributed by atoms with Crippen LogP contribution >= 0.6 is 0 Å². The van der Waals surface area contributed by atoms with Crippen LogP contribution in [0.1, 0.15) is 11.3 Å². The number of rotatable bonds is 9. The lowest BCUT2D eigenvalue weighted by molar-refractivity contribution is 0.0604. The van der Waals surface area contributed by atoms with Gasteiger partial charge in [0.05, 0.1) is 12.8 Å². The quantitative estimate of drug-likeness (QED) is 0.633. The standard InChI is InChI=1S/C21H22FNO3/c22-18-7-4-6-17(12-18)13-23(15-21-10-5-11-25-21)14-19(24)16-26-20-8-2-1-3-9-20/h1-12,19,24H,13-16H2/t19-/m1/s1. The molecule has 3 rings (SSSR count). The van der Waals surface area contributed by atoms with Crippen LogP contribution in [-0.4, -0.2) is 29.3 Å². The Kier molecular flexibility index (Phi) is 6.41. The summed E-state index contributed by atoms with van der Waals surface area (Å²) in [7, 11) is 0. The minimum atomic E-state index is -0.682. The van der Waals surface area contributed by atoms with Crippen molar-refractivity contribution in [2.24, 2.45) is 0 Å². The van der Waals surface area contributed by atoms with Crippen LogP contribution in [0.3, 0.4) is 0 Å². The van der Waals surface area contributed by atoms with Crippen molar-refractivity contribution < 1.29 is 18.7 Å². The smallest absolute Gasteiger partial charge is 0.123 e. The lowest BCUT2D eigenvalue weighted by Gasteiger charge is -2.24. The van der Waals surface area contributed by atoms with Gasteiger partial charge in [0, 0.05) is 13.1 Å². The van der Waals surface area contributed by atoms with Gasteiger partial charge in [0.15, 0.2) is 0 Å². The number of nitrogens with zero attached hydrogens (tertiary/aromatic N) is 1. The summed E-state index contributed by atoms with van der Waals surface area (Å²) in [5, 5.41) is 10.4. The maximum atomic E-state index is 13.5. The molecule has 136 valence electrons. The highest BCUT2D eigenvalue weighted by Crippen LogP contribution is 2.13. The SMILES string of the molecule is O[C@@H](COc1ccccc1)CN(Cc1cccc(F)c1)Cc1ccco1. The molecule has 0 bridgehead atoms. The molecule has 26 heavy (non-hydrogen) atoms. The maximum absolute atomic E-state index is 13.5. The van der Waals surface area contributed by atoms with Crippen LogP contribution in [0.25, 0.3) is 0 Å². The van der Waals surface area contributed by atoms with E-state index in [1.54, 1.807) is 12.3 Å². The number of hydrogen-bond donors (Lipinski definition) is 1. The number of hydrogen-bond acceptors (Lipinski definition) is 4. The Morgan fingerprint density at radius 3 is 2.58 bits per heavy atom. The topological polar surface area (TPSA) is 45.8 Å². The van der Waals surface area contributed by atoms with E-state index in [2.05, 4.69) is 0 Å². The van der Waals surface area contributed by atoms with Crippen molar-refractivity contribution in [2.45, 2.75) is 19.2 Å². The van der Waals surface area contributed by atoms with E-state index in [9.17, 15) is 9.50 Å². The number of furan rings is 1. The van der Waals surface area contributed by atoms with Crippen LogP contribution in [0.2, 0.25) is 0 Å². The van der Waals surface area contributed by atoms with Gasteiger partial charge in [0.2, 0.25) is 0 Å². The molecule has 1 atom stereocenters. The molecule has 0 radical (unpaired) electrons. The van der Waals surface area contributed by atoms with Gasteiger partial charge in [-0.05, 0) is 42.0 Å². The normalized spacial score (nSPS) is 12.3. The van der Waals surface area contributed by atoms with Gasteiger partial charge in [-0.2, -0.15) is 0 Å². The number of aliphatic hydroxyl groups excluding tert-OH is 1. The van der Waals surface area contributed by atoms with E-state index in [4.69, 9.17) is 9.15 Å². The highest BCUT2D eigenvalue weighted by Gasteiger charge is 2.15. The molecule has 1 N–H and O–H groups in total. The molecule has 0 amide bonds. The summed E-state index contributed by atoms with van der Waals surface area (Å²) in [4.78, 5) is 2.01. The van der Waals surface area contributed by atoms with Crippen molar-refractivity contribution in [3.63, 3.8) is 0 Å². The van der Waals surface area contributed by atoms with Gasteiger partial charge in [0.25, 0.3) is 0 Å². The molecule has 0 unspecified atom stereocenters. The number of ether oxygens (including phenoxy) is 1. The average molecular weight is 355 g/mol. The highest BCUT2D eigenvalue weighted by atomic mass is 19.1. The Balaban J connectivity index is 1.60. The van der Waals surface area contributed by atoms with Gasteiger partial charge in [-0.3, -0.25) is 4.90 Å². The Morgan fingerprint density at radius 1 is 1.00 bits per heavy atom. The third-order valence-corrected chi connectivity index (χ3v) is 3.91. The fourth-order valence-corrected chi connectivity index (χ4v) is 2.76. The molecule has 3 aromatic rings. The number of benzene rings is 2. The second-order valence-electron chi connectivity index (χ2n) is 6.16. The van der Waals surface area contributed by atoms with E-state index in [1.165, 1.54) is 12.1 Å². The largest absolute Gasteiger partial charge is 0.491 e. The molecule has 4 nitrogen and oxygen atoms in total. The molecule has 0 spiro atoms. The summed E-state index contributed by atoms with van der Waals surface area (Å²) in [6, 6.07) is 19.5. The first-order valence-corrected chi connectivity index (χ1v) is 8.54. The van der Waals surface area contributed by atoms with Crippen molar-refractivity contribution in [3.8, 4) is 5.75 Å². The molecule has 2 aromatic carbocycles. The summed E-state index contributed by atoms with van der Waals surface area (Å²) >= 11 is 0. The van der Waals surface area contributed by atoms with Crippen LogP contribution in [0.15, 0.2) is 77.4 Å². The molecule has 0 fully saturated rings. The molecular formula is C21H22FNO3. The second-order valence-corrected chi connectivity index (χ2v) is 6.16. The fraction of sp³-hybridized carbons (Fsp3) is 0.238. The van der Waals surface area contributed by atoms with Crippen LogP contribution in [0, 0.1) is 5.82 Å². The number of halogens is 1. The molecule has 0 aliphatic carbocycles. The molecule has 0 aliphatic heterocycles. The third kappa shape index (κ3) is 5.72. The van der Waals surface area contributed by atoms with Gasteiger partial charge in [-0.1, -0.05) is 30.3 Å². The van der Waals surface area contributed by atoms with Crippen LogP contribution in [0.4, 0.5) is 4.39 Å². The molecule has 0 saturated heterocycles. The van der Waals surface area contributed by atoms with E-state index >= 15 is 0 Å². The van der Waals surface area contributed by atoms with Gasteiger partial charge in [-0.25, -0.2) is 4.39 Å². The van der Waals surface area contributed by atoms with Crippen molar-refractivity contribution in [1.29, 1.82) is 0 Å². The number of para-hydroxylation sites is 1. The predicted octanol–water partition coefficient (Wildman–Crippen LogP) is 3.86. The van der Waals surface area contributed by atoms with Crippen LogP contribution in [0.5, 0.6) is 5.75 Å². The van der Waals surface area contributed by atoms with Crippen LogP contribution in [-0.2, 0) is 13.1 Å². The Bertz CT molecular complexity index is 777. The fourth-order valence-electron chi connectivity index (χ4n) is 2.76. The predicted molar refractivity (Wildman–Crippen MR) is 97.2 cm³/mol. The summed E-state index contributed by atoms with van der Waals surface area (Å²) < 4.78 is 24.5. The highest BCUT2D eigenvalue weighted by molar-refractivity contribution is 5.21. The zero-order valence-electron chi connectivity index (χ0n) is 14.4. The number of aliphatic hydroxyl groups is 1. The van der Waals surface area contributed by atoms with E-state index in [0.717, 1.165) is 11.3 Å². The van der Waals surface area contributed by atoms with Crippen molar-refractivity contribution in [1.82, 2.24) is 4.90 Å². The summed E-state index contributed by atoms with van der Waals surface area (Å²) in [6.07, 6.45) is 0.934. The second kappa shape index (κ2) is 9.17. The molecule has 1 heterocycles. The minimum Gasteiger partial charge on any atom is -0.491 e. The monoisotopic (exact) mass is 355 g/mol. The van der Waals surface area contributed by atoms with Crippen molar-refractivity contribution in [2.75, 3.05) is 13.2 Å². The first-order chi connectivity index (χ1) is 12.7. The molecule has 5 heteroatoms. The van der Waals surface area contributed by atoms with E-state index in [-0.39, 0.29) is 12.4 Å². The Hall–Kier alpha value is -2.63. The summed E-state index contributed by atoms with van der Waals surface area (Å²) in [5.41, 5.74) is 0.840. The Labute approximate surface area is 152 Å². The molecular weight excluding hydrogens is 333 g/mol. The maximum Gasteiger partial charge on any atom is 0.123 e. The zero-order chi connectivity index (χ0) is 18.2. The first-order valence-electron chi connectivity index (χ1n) is 8.54. The average Bonchev–Trinajstić information content (AvgIpc) is 3.14. The van der Waals surface area contributed by atoms with E-state index < -0.39 is 6.10 Å². The first kappa shape index (κ1) is 18.2. The molecule has 1 aromatic heterocycles. The van der Waals surface area contributed by atoms with Gasteiger partial charge in [0.1, 0.15) is 30.0 Å². The lowest BCUT2D eigenvalue weighted by Crippen LogP contribution is -2.35. The summed E-state index contributed by atoms with van der Waals surface area (Å²) in [6.45, 7) is 1.58. The third-order valence-electron chi connectivity index (χ3n) is 3.91.